The molecule has 1 N–H and O–H groups in total. The maximum absolute atomic E-state index is 3.75. The van der Waals surface area contributed by atoms with Crippen molar-refractivity contribution in [3.8, 4) is 0 Å². The van der Waals surface area contributed by atoms with Crippen LogP contribution < -0.4 is 5.32 Å². The lowest BCUT2D eigenvalue weighted by atomic mass is 10.1. The van der Waals surface area contributed by atoms with Crippen LogP contribution in [0.25, 0.3) is 0 Å². The maximum Gasteiger partial charge on any atom is 0.0223 e. The molecule has 0 radical (unpaired) electrons. The van der Waals surface area contributed by atoms with Crippen molar-refractivity contribution in [1.29, 1.82) is 0 Å². The Bertz CT molecular complexity index is 207. The normalized spacial score (nSPS) is 23.5. The maximum atomic E-state index is 3.75. The van der Waals surface area contributed by atoms with Crippen LogP contribution in [0.15, 0.2) is 0 Å². The molecule has 0 amide bonds. The summed E-state index contributed by atoms with van der Waals surface area (Å²) in [5, 5.41) is 3.75. The summed E-state index contributed by atoms with van der Waals surface area (Å²) in [5.41, 5.74) is 0. The first-order chi connectivity index (χ1) is 8.29. The van der Waals surface area contributed by atoms with E-state index in [2.05, 4.69) is 24.2 Å². The van der Waals surface area contributed by atoms with Crippen LogP contribution in [-0.2, 0) is 0 Å². The summed E-state index contributed by atoms with van der Waals surface area (Å²) >= 11 is 0. The summed E-state index contributed by atoms with van der Waals surface area (Å²) in [4.78, 5) is 2.58. The van der Waals surface area contributed by atoms with E-state index in [1.54, 1.807) is 0 Å². The van der Waals surface area contributed by atoms with Crippen LogP contribution in [0.4, 0.5) is 0 Å². The van der Waals surface area contributed by atoms with Gasteiger partial charge in [-0.15, -0.1) is 0 Å². The molecule has 2 saturated carbocycles. The molecule has 17 heavy (non-hydrogen) atoms. The quantitative estimate of drug-likeness (QED) is 0.699. The number of nitrogens with one attached hydrogen (secondary N) is 1. The van der Waals surface area contributed by atoms with Gasteiger partial charge in [0.25, 0.3) is 0 Å². The van der Waals surface area contributed by atoms with Gasteiger partial charge in [-0.3, -0.25) is 0 Å². The largest absolute Gasteiger partial charge is 0.312 e. The highest BCUT2D eigenvalue weighted by molar-refractivity contribution is 4.88. The van der Waals surface area contributed by atoms with Crippen LogP contribution in [0.2, 0.25) is 0 Å². The predicted octanol–water partition coefficient (Wildman–Crippen LogP) is 2.89. The van der Waals surface area contributed by atoms with Gasteiger partial charge < -0.3 is 10.2 Å². The Morgan fingerprint density at radius 3 is 2.47 bits per heavy atom. The van der Waals surface area contributed by atoms with Gasteiger partial charge in [-0.05, 0) is 57.5 Å². The summed E-state index contributed by atoms with van der Waals surface area (Å²) < 4.78 is 0. The van der Waals surface area contributed by atoms with Gasteiger partial charge in [0.15, 0.2) is 0 Å². The molecule has 1 unspecified atom stereocenters. The molecule has 0 heterocycles. The second kappa shape index (κ2) is 6.75. The number of likely N-dealkylation sites (N-methyl/N-ethyl adjacent to an activating group) is 1. The zero-order valence-corrected chi connectivity index (χ0v) is 11.8. The lowest BCUT2D eigenvalue weighted by Gasteiger charge is -2.27. The fraction of sp³-hybridized carbons (Fsp3) is 1.00. The second-order valence-electron chi connectivity index (χ2n) is 6.27. The van der Waals surface area contributed by atoms with Gasteiger partial charge in [0.1, 0.15) is 0 Å². The van der Waals surface area contributed by atoms with Crippen LogP contribution in [0.3, 0.4) is 0 Å². The van der Waals surface area contributed by atoms with Crippen LogP contribution in [-0.4, -0.2) is 37.6 Å². The summed E-state index contributed by atoms with van der Waals surface area (Å²) in [6, 6.07) is 0.765. The van der Waals surface area contributed by atoms with Gasteiger partial charge in [0, 0.05) is 19.1 Å². The first kappa shape index (κ1) is 13.4. The third-order valence-corrected chi connectivity index (χ3v) is 4.40. The number of hydrogen-bond acceptors (Lipinski definition) is 2. The van der Waals surface area contributed by atoms with E-state index >= 15 is 0 Å². The fourth-order valence-corrected chi connectivity index (χ4v) is 3.25. The molecule has 0 saturated heterocycles. The van der Waals surface area contributed by atoms with Crippen LogP contribution in [0.1, 0.15) is 51.9 Å². The Morgan fingerprint density at radius 2 is 1.88 bits per heavy atom. The smallest absolute Gasteiger partial charge is 0.0223 e. The van der Waals surface area contributed by atoms with Crippen molar-refractivity contribution in [2.24, 2.45) is 11.8 Å². The molecule has 1 atom stereocenters. The topological polar surface area (TPSA) is 15.3 Å². The molecule has 0 bridgehead atoms. The van der Waals surface area contributed by atoms with Gasteiger partial charge in [0.05, 0.1) is 0 Å². The zero-order chi connectivity index (χ0) is 12.1. The van der Waals surface area contributed by atoms with Crippen molar-refractivity contribution in [2.45, 2.75) is 57.9 Å². The highest BCUT2D eigenvalue weighted by Gasteiger charge is 2.31. The number of nitrogens with zero attached hydrogens (tertiary/aromatic N) is 1. The van der Waals surface area contributed by atoms with E-state index in [0.29, 0.717) is 0 Å². The van der Waals surface area contributed by atoms with Gasteiger partial charge in [0.2, 0.25) is 0 Å². The minimum atomic E-state index is 0.765. The fourth-order valence-electron chi connectivity index (χ4n) is 3.25. The first-order valence-corrected chi connectivity index (χ1v) is 7.71. The van der Waals surface area contributed by atoms with Gasteiger partial charge in [-0.2, -0.15) is 0 Å². The Hall–Kier alpha value is -0.0800. The van der Waals surface area contributed by atoms with E-state index in [-0.39, 0.29) is 0 Å². The molecular weight excluding hydrogens is 208 g/mol. The molecule has 0 aliphatic heterocycles. The molecule has 2 nitrogen and oxygen atoms in total. The van der Waals surface area contributed by atoms with Gasteiger partial charge in [-0.1, -0.05) is 19.8 Å². The third-order valence-electron chi connectivity index (χ3n) is 4.40. The zero-order valence-electron chi connectivity index (χ0n) is 11.8. The van der Waals surface area contributed by atoms with Crippen LogP contribution in [0, 0.1) is 11.8 Å². The number of rotatable bonds is 8. The molecule has 0 aromatic heterocycles. The molecule has 2 aliphatic rings. The monoisotopic (exact) mass is 238 g/mol. The summed E-state index contributed by atoms with van der Waals surface area (Å²) in [6.45, 7) is 6.05. The van der Waals surface area contributed by atoms with Crippen molar-refractivity contribution >= 4 is 0 Å². The van der Waals surface area contributed by atoms with Gasteiger partial charge in [-0.25, -0.2) is 0 Å². The van der Waals surface area contributed by atoms with E-state index < -0.39 is 0 Å². The highest BCUT2D eigenvalue weighted by Crippen LogP contribution is 2.33. The van der Waals surface area contributed by atoms with Crippen LogP contribution in [0.5, 0.6) is 0 Å². The van der Waals surface area contributed by atoms with E-state index in [0.717, 1.165) is 17.9 Å². The Balaban J connectivity index is 1.68. The summed E-state index contributed by atoms with van der Waals surface area (Å²) in [6.07, 6.45) is 10.1. The van der Waals surface area contributed by atoms with Crippen molar-refractivity contribution in [2.75, 3.05) is 26.7 Å². The predicted molar refractivity (Wildman–Crippen MR) is 74.3 cm³/mol. The molecule has 2 aliphatic carbocycles. The summed E-state index contributed by atoms with van der Waals surface area (Å²) in [5.74, 6) is 1.97. The van der Waals surface area contributed by atoms with E-state index in [9.17, 15) is 0 Å². The molecule has 2 rings (SSSR count). The lowest BCUT2D eigenvalue weighted by molar-refractivity contribution is 0.238. The molecule has 100 valence electrons. The Kier molecular flexibility index (Phi) is 5.30. The second-order valence-corrected chi connectivity index (χ2v) is 6.27. The first-order valence-electron chi connectivity index (χ1n) is 7.71. The van der Waals surface area contributed by atoms with Crippen molar-refractivity contribution < 1.29 is 0 Å². The molecule has 0 spiro atoms. The van der Waals surface area contributed by atoms with Crippen molar-refractivity contribution in [1.82, 2.24) is 10.2 Å². The molecule has 0 aromatic carbocycles. The third kappa shape index (κ3) is 4.59. The van der Waals surface area contributed by atoms with E-state index in [4.69, 9.17) is 0 Å². The number of hydrogen-bond donors (Lipinski definition) is 1. The Labute approximate surface area is 107 Å². The van der Waals surface area contributed by atoms with Gasteiger partial charge >= 0.3 is 0 Å². The summed E-state index contributed by atoms with van der Waals surface area (Å²) in [7, 11) is 2.32. The van der Waals surface area contributed by atoms with Crippen molar-refractivity contribution in [3.05, 3.63) is 0 Å². The molecule has 0 aromatic rings. The van der Waals surface area contributed by atoms with E-state index in [1.165, 1.54) is 64.6 Å². The minimum absolute atomic E-state index is 0.765. The standard InChI is InChI=1S/C15H30N2/c1-3-10-16-15(14-8-9-14)12-17(2)11-13-6-4-5-7-13/h13-16H,3-12H2,1-2H3. The molecule has 2 heteroatoms. The highest BCUT2D eigenvalue weighted by atomic mass is 15.1. The SMILES string of the molecule is CCCNC(CN(C)CC1CCCC1)C1CC1. The van der Waals surface area contributed by atoms with Crippen molar-refractivity contribution in [3.63, 3.8) is 0 Å². The average Bonchev–Trinajstić information content (AvgIpc) is 3.04. The molecule has 2 fully saturated rings. The van der Waals surface area contributed by atoms with E-state index in [1.807, 2.05) is 0 Å². The average molecular weight is 238 g/mol. The van der Waals surface area contributed by atoms with Crippen LogP contribution >= 0.6 is 0 Å². The Morgan fingerprint density at radius 1 is 1.18 bits per heavy atom. The minimum Gasteiger partial charge on any atom is -0.312 e. The molecular formula is C15H30N2. The lowest BCUT2D eigenvalue weighted by Crippen LogP contribution is -2.42.